The smallest absolute Gasteiger partial charge is 0.237 e. The number of carbonyl (C=O) groups is 1. The molecule has 0 saturated carbocycles. The van der Waals surface area contributed by atoms with Gasteiger partial charge in [0.05, 0.1) is 5.25 Å². The lowest BCUT2D eigenvalue weighted by Gasteiger charge is -2.13. The van der Waals surface area contributed by atoms with Crippen molar-refractivity contribution < 1.29 is 4.79 Å². The molecular weight excluding hydrogens is 292 g/mol. The highest BCUT2D eigenvalue weighted by molar-refractivity contribution is 8.02. The number of aromatic nitrogens is 2. The van der Waals surface area contributed by atoms with Crippen LogP contribution in [0.3, 0.4) is 0 Å². The van der Waals surface area contributed by atoms with Gasteiger partial charge in [-0.1, -0.05) is 35.2 Å². The van der Waals surface area contributed by atoms with E-state index in [1.807, 2.05) is 39.0 Å². The van der Waals surface area contributed by atoms with Crippen LogP contribution in [-0.2, 0) is 4.79 Å². The summed E-state index contributed by atoms with van der Waals surface area (Å²) in [4.78, 5) is 12.2. The molecule has 0 bridgehead atoms. The molecule has 0 aliphatic carbocycles. The molecule has 0 unspecified atom stereocenters. The Kier molecular flexibility index (Phi) is 4.61. The van der Waals surface area contributed by atoms with Gasteiger partial charge < -0.3 is 11.1 Å². The van der Waals surface area contributed by atoms with Gasteiger partial charge >= 0.3 is 0 Å². The van der Waals surface area contributed by atoms with Gasteiger partial charge in [0, 0.05) is 5.69 Å². The summed E-state index contributed by atoms with van der Waals surface area (Å²) in [5.74, 6) is -0.0579. The Labute approximate surface area is 126 Å². The van der Waals surface area contributed by atoms with Gasteiger partial charge in [0.25, 0.3) is 0 Å². The molecule has 20 heavy (non-hydrogen) atoms. The second-order valence-electron chi connectivity index (χ2n) is 4.40. The molecule has 0 fully saturated rings. The maximum absolute atomic E-state index is 12.2. The van der Waals surface area contributed by atoms with Gasteiger partial charge in [-0.05, 0) is 38.0 Å². The number of amides is 1. The average Bonchev–Trinajstić information content (AvgIpc) is 2.80. The molecule has 1 amide bonds. The quantitative estimate of drug-likeness (QED) is 0.849. The molecule has 7 heteroatoms. The predicted octanol–water partition coefficient (Wildman–Crippen LogP) is 2.86. The number of nitrogen functional groups attached to an aromatic ring is 1. The number of hydrogen-bond donors (Lipinski definition) is 2. The van der Waals surface area contributed by atoms with Crippen LogP contribution in [0, 0.1) is 13.8 Å². The van der Waals surface area contributed by atoms with Crippen LogP contribution in [-0.4, -0.2) is 21.4 Å². The number of nitrogens with two attached hydrogens (primary N) is 1. The van der Waals surface area contributed by atoms with Crippen LogP contribution in [0.4, 0.5) is 10.8 Å². The van der Waals surface area contributed by atoms with Crippen molar-refractivity contribution in [3.05, 3.63) is 29.3 Å². The molecule has 0 radical (unpaired) electrons. The van der Waals surface area contributed by atoms with Gasteiger partial charge in [-0.15, -0.1) is 10.2 Å². The summed E-state index contributed by atoms with van der Waals surface area (Å²) in [6.45, 7) is 5.85. The first-order valence-electron chi connectivity index (χ1n) is 6.10. The van der Waals surface area contributed by atoms with E-state index in [1.54, 1.807) is 0 Å². The number of benzene rings is 1. The monoisotopic (exact) mass is 308 g/mol. The largest absolute Gasteiger partial charge is 0.374 e. The summed E-state index contributed by atoms with van der Waals surface area (Å²) in [7, 11) is 0. The lowest BCUT2D eigenvalue weighted by atomic mass is 10.1. The molecule has 3 N–H and O–H groups in total. The van der Waals surface area contributed by atoms with E-state index in [0.29, 0.717) is 9.47 Å². The van der Waals surface area contributed by atoms with Crippen LogP contribution >= 0.6 is 23.1 Å². The molecule has 1 heterocycles. The van der Waals surface area contributed by atoms with Gasteiger partial charge in [0.2, 0.25) is 11.0 Å². The second-order valence-corrected chi connectivity index (χ2v) is 7.00. The molecule has 2 aromatic rings. The molecule has 0 aliphatic heterocycles. The molecule has 1 aromatic carbocycles. The molecule has 5 nitrogen and oxygen atoms in total. The minimum Gasteiger partial charge on any atom is -0.374 e. The van der Waals surface area contributed by atoms with Crippen molar-refractivity contribution in [2.45, 2.75) is 30.4 Å². The van der Waals surface area contributed by atoms with Crippen molar-refractivity contribution in [3.63, 3.8) is 0 Å². The predicted molar refractivity (Wildman–Crippen MR) is 84.2 cm³/mol. The average molecular weight is 308 g/mol. The summed E-state index contributed by atoms with van der Waals surface area (Å²) in [6.07, 6.45) is 0. The lowest BCUT2D eigenvalue weighted by molar-refractivity contribution is -0.115. The maximum Gasteiger partial charge on any atom is 0.237 e. The molecule has 2 rings (SSSR count). The van der Waals surface area contributed by atoms with E-state index in [9.17, 15) is 4.79 Å². The minimum absolute atomic E-state index is 0.0579. The van der Waals surface area contributed by atoms with Crippen LogP contribution in [0.25, 0.3) is 0 Å². The molecule has 1 aromatic heterocycles. The SMILES string of the molecule is Cc1cccc(NC(=O)[C@H](C)Sc2nnc(N)s2)c1C. The van der Waals surface area contributed by atoms with Crippen molar-refractivity contribution in [2.75, 3.05) is 11.1 Å². The number of nitrogens with zero attached hydrogens (tertiary/aromatic N) is 2. The molecule has 0 aliphatic rings. The Balaban J connectivity index is 2.02. The third kappa shape index (κ3) is 3.49. The number of thioether (sulfide) groups is 1. The zero-order valence-corrected chi connectivity index (χ0v) is 13.1. The molecule has 106 valence electrons. The molecule has 0 spiro atoms. The summed E-state index contributed by atoms with van der Waals surface area (Å²) in [6, 6.07) is 5.86. The topological polar surface area (TPSA) is 80.9 Å². The van der Waals surface area contributed by atoms with E-state index in [0.717, 1.165) is 16.8 Å². The van der Waals surface area contributed by atoms with Gasteiger partial charge in [0.1, 0.15) is 0 Å². The Morgan fingerprint density at radius 3 is 2.80 bits per heavy atom. The van der Waals surface area contributed by atoms with Crippen LogP contribution in [0.2, 0.25) is 0 Å². The first-order valence-corrected chi connectivity index (χ1v) is 7.79. The highest BCUT2D eigenvalue weighted by Gasteiger charge is 2.17. The summed E-state index contributed by atoms with van der Waals surface area (Å²) in [5, 5.41) is 10.7. The third-order valence-corrected chi connectivity index (χ3v) is 4.87. The van der Waals surface area contributed by atoms with Crippen molar-refractivity contribution in [2.24, 2.45) is 0 Å². The van der Waals surface area contributed by atoms with Crippen LogP contribution < -0.4 is 11.1 Å². The lowest BCUT2D eigenvalue weighted by Crippen LogP contribution is -2.22. The number of aryl methyl sites for hydroxylation is 1. The van der Waals surface area contributed by atoms with Crippen molar-refractivity contribution in [1.82, 2.24) is 10.2 Å². The Bertz CT molecular complexity index is 627. The Morgan fingerprint density at radius 1 is 1.40 bits per heavy atom. The van der Waals surface area contributed by atoms with E-state index in [4.69, 9.17) is 5.73 Å². The van der Waals surface area contributed by atoms with Crippen molar-refractivity contribution >= 4 is 39.8 Å². The highest BCUT2D eigenvalue weighted by Crippen LogP contribution is 2.28. The number of rotatable bonds is 4. The molecular formula is C13H16N4OS2. The van der Waals surface area contributed by atoms with Crippen LogP contribution in [0.5, 0.6) is 0 Å². The standard InChI is InChI=1S/C13H16N4OS2/c1-7-5-4-6-10(8(7)2)15-11(18)9(3)19-13-17-16-12(14)20-13/h4-6,9H,1-3H3,(H2,14,16)(H,15,18)/t9-/m0/s1. The van der Waals surface area contributed by atoms with Gasteiger partial charge in [-0.3, -0.25) is 4.79 Å². The van der Waals surface area contributed by atoms with Crippen LogP contribution in [0.1, 0.15) is 18.1 Å². The fourth-order valence-corrected chi connectivity index (χ4v) is 3.37. The summed E-state index contributed by atoms with van der Waals surface area (Å²) < 4.78 is 0.700. The Morgan fingerprint density at radius 2 is 2.15 bits per heavy atom. The highest BCUT2D eigenvalue weighted by atomic mass is 32.2. The zero-order chi connectivity index (χ0) is 14.7. The zero-order valence-electron chi connectivity index (χ0n) is 11.5. The first-order chi connectivity index (χ1) is 9.47. The molecule has 1 atom stereocenters. The number of hydrogen-bond acceptors (Lipinski definition) is 6. The van der Waals surface area contributed by atoms with E-state index in [1.165, 1.54) is 23.1 Å². The van der Waals surface area contributed by atoms with E-state index in [-0.39, 0.29) is 11.2 Å². The number of carbonyl (C=O) groups excluding carboxylic acids is 1. The van der Waals surface area contributed by atoms with E-state index >= 15 is 0 Å². The van der Waals surface area contributed by atoms with Crippen molar-refractivity contribution in [3.8, 4) is 0 Å². The Hall–Kier alpha value is -1.60. The third-order valence-electron chi connectivity index (χ3n) is 2.93. The number of nitrogens with one attached hydrogen (secondary N) is 1. The van der Waals surface area contributed by atoms with E-state index < -0.39 is 0 Å². The first kappa shape index (κ1) is 14.8. The summed E-state index contributed by atoms with van der Waals surface area (Å²) in [5.41, 5.74) is 8.60. The van der Waals surface area contributed by atoms with Gasteiger partial charge in [-0.2, -0.15) is 0 Å². The fraction of sp³-hybridized carbons (Fsp3) is 0.308. The fourth-order valence-electron chi connectivity index (χ4n) is 1.59. The van der Waals surface area contributed by atoms with E-state index in [2.05, 4.69) is 15.5 Å². The second kappa shape index (κ2) is 6.23. The van der Waals surface area contributed by atoms with Crippen LogP contribution in [0.15, 0.2) is 22.5 Å². The normalized spacial score (nSPS) is 12.2. The van der Waals surface area contributed by atoms with Gasteiger partial charge in [-0.25, -0.2) is 0 Å². The van der Waals surface area contributed by atoms with Crippen molar-refractivity contribution in [1.29, 1.82) is 0 Å². The molecule has 0 saturated heterocycles. The summed E-state index contributed by atoms with van der Waals surface area (Å²) >= 11 is 2.64. The minimum atomic E-state index is -0.262. The van der Waals surface area contributed by atoms with Gasteiger partial charge in [0.15, 0.2) is 4.34 Å². The number of anilines is 2. The maximum atomic E-state index is 12.2.